The molecule has 0 N–H and O–H groups in total. The summed E-state index contributed by atoms with van der Waals surface area (Å²) in [5.41, 5.74) is 12.8. The third kappa shape index (κ3) is 2.68. The van der Waals surface area contributed by atoms with Crippen LogP contribution in [0.15, 0.2) is 97.1 Å². The van der Waals surface area contributed by atoms with Crippen LogP contribution in [-0.2, 0) is 0 Å². The van der Waals surface area contributed by atoms with Crippen LogP contribution in [-0.4, -0.2) is 13.3 Å². The Morgan fingerprint density at radius 3 is 0.933 bits per heavy atom. The molecule has 2 heteroatoms. The van der Waals surface area contributed by atoms with Crippen molar-refractivity contribution in [2.75, 3.05) is 13.3 Å². The summed E-state index contributed by atoms with van der Waals surface area (Å²) >= 11 is 0. The lowest BCUT2D eigenvalue weighted by Crippen LogP contribution is -3.00. The molecule has 0 radical (unpaired) electrons. The molecule has 2 aliphatic rings. The molecule has 148 valence electrons. The Bertz CT molecular complexity index is 1070. The highest BCUT2D eigenvalue weighted by atomic mass is 127. The van der Waals surface area contributed by atoms with Crippen molar-refractivity contribution in [3.05, 3.63) is 119 Å². The minimum atomic E-state index is -1.47. The van der Waals surface area contributed by atoms with Gasteiger partial charge in [-0.05, 0) is 22.3 Å². The Balaban J connectivity index is 0.00000193. The number of rotatable bonds is 2. The quantitative estimate of drug-likeness (QED) is 0.264. The van der Waals surface area contributed by atoms with Crippen molar-refractivity contribution < 1.29 is 24.0 Å². The summed E-state index contributed by atoms with van der Waals surface area (Å²) in [6.45, 7) is 5.17. The lowest BCUT2D eigenvalue weighted by Gasteiger charge is -2.33. The van der Waals surface area contributed by atoms with E-state index in [2.05, 4.69) is 110 Å². The molecule has 0 heterocycles. The van der Waals surface area contributed by atoms with Crippen LogP contribution in [0, 0.1) is 0 Å². The summed E-state index contributed by atoms with van der Waals surface area (Å²) < 4.78 is 0. The molecule has 0 aromatic heterocycles. The Kier molecular flexibility index (Phi) is 4.87. The number of halogens is 1. The summed E-state index contributed by atoms with van der Waals surface area (Å²) in [5.74, 6) is 0. The van der Waals surface area contributed by atoms with E-state index in [0.717, 1.165) is 0 Å². The van der Waals surface area contributed by atoms with E-state index < -0.39 is 7.26 Å². The van der Waals surface area contributed by atoms with E-state index in [1.54, 1.807) is 0 Å². The lowest BCUT2D eigenvalue weighted by atomic mass is 10.1. The van der Waals surface area contributed by atoms with Crippen molar-refractivity contribution in [1.29, 1.82) is 0 Å². The van der Waals surface area contributed by atoms with Crippen LogP contribution >= 0.6 is 7.26 Å². The third-order valence-electron chi connectivity index (χ3n) is 6.93. The SMILES string of the molecule is C[P+](C)(C1c2ccccc2-c2ccccc21)C1c2ccccc2-c2ccccc21.[I-]. The van der Waals surface area contributed by atoms with E-state index >= 15 is 0 Å². The first-order valence-electron chi connectivity index (χ1n) is 10.4. The van der Waals surface area contributed by atoms with Crippen LogP contribution in [0.4, 0.5) is 0 Å². The van der Waals surface area contributed by atoms with Crippen LogP contribution in [0.2, 0.25) is 0 Å². The summed E-state index contributed by atoms with van der Waals surface area (Å²) in [6.07, 6.45) is 0. The molecule has 30 heavy (non-hydrogen) atoms. The zero-order valence-corrected chi connectivity index (χ0v) is 20.3. The highest BCUT2D eigenvalue weighted by molar-refractivity contribution is 7.75. The standard InChI is InChI=1S/C28H24P.HI/c1-29(2,27-23-15-7-3-11-19(23)20-12-4-8-16-24(20)27)28-25-17-9-5-13-21(25)22-14-6-10-18-26(22)28;/h3-18,27-28H,1-2H3;1H/q+1;/p-1. The molecular weight excluding hydrogens is 494 g/mol. The van der Waals surface area contributed by atoms with E-state index in [9.17, 15) is 0 Å². The van der Waals surface area contributed by atoms with Crippen LogP contribution in [0.3, 0.4) is 0 Å². The second kappa shape index (κ2) is 7.32. The number of hydrogen-bond acceptors (Lipinski definition) is 0. The van der Waals surface area contributed by atoms with Gasteiger partial charge in [0, 0.05) is 29.5 Å². The normalized spacial score (nSPS) is 14.5. The number of hydrogen-bond donors (Lipinski definition) is 0. The molecule has 0 atom stereocenters. The van der Waals surface area contributed by atoms with Gasteiger partial charge in [-0.2, -0.15) is 0 Å². The highest BCUT2D eigenvalue weighted by Gasteiger charge is 2.53. The first kappa shape index (κ1) is 20.0. The van der Waals surface area contributed by atoms with Gasteiger partial charge in [0.25, 0.3) is 0 Å². The Morgan fingerprint density at radius 2 is 0.667 bits per heavy atom. The highest BCUT2D eigenvalue weighted by Crippen LogP contribution is 2.81. The van der Waals surface area contributed by atoms with Crippen molar-refractivity contribution in [1.82, 2.24) is 0 Å². The summed E-state index contributed by atoms with van der Waals surface area (Å²) in [6, 6.07) is 36.3. The maximum absolute atomic E-state index is 2.58. The van der Waals surface area contributed by atoms with Gasteiger partial charge in [-0.3, -0.25) is 0 Å². The molecule has 0 amide bonds. The number of fused-ring (bicyclic) bond motifs is 6. The zero-order chi connectivity index (χ0) is 19.6. The van der Waals surface area contributed by atoms with Gasteiger partial charge in [-0.1, -0.05) is 97.1 Å². The molecule has 4 aromatic rings. The molecule has 0 aliphatic heterocycles. The van der Waals surface area contributed by atoms with Gasteiger partial charge in [-0.25, -0.2) is 0 Å². The van der Waals surface area contributed by atoms with Gasteiger partial charge in [0.1, 0.15) is 11.3 Å². The van der Waals surface area contributed by atoms with Gasteiger partial charge >= 0.3 is 0 Å². The predicted octanol–water partition coefficient (Wildman–Crippen LogP) is 4.81. The molecule has 4 aromatic carbocycles. The molecule has 2 aliphatic carbocycles. The summed E-state index contributed by atoms with van der Waals surface area (Å²) in [7, 11) is -1.47. The third-order valence-corrected chi connectivity index (χ3v) is 10.7. The molecular formula is C28H24IP. The van der Waals surface area contributed by atoms with Gasteiger partial charge < -0.3 is 24.0 Å². The van der Waals surface area contributed by atoms with Crippen molar-refractivity contribution in [2.24, 2.45) is 0 Å². The van der Waals surface area contributed by atoms with Crippen molar-refractivity contribution >= 4 is 7.26 Å². The lowest BCUT2D eigenvalue weighted by molar-refractivity contribution is -0.00000569. The zero-order valence-electron chi connectivity index (χ0n) is 17.2. The van der Waals surface area contributed by atoms with Gasteiger partial charge in [0.2, 0.25) is 0 Å². The fourth-order valence-electron chi connectivity index (χ4n) is 5.84. The van der Waals surface area contributed by atoms with Crippen molar-refractivity contribution in [3.63, 3.8) is 0 Å². The van der Waals surface area contributed by atoms with Crippen molar-refractivity contribution in [2.45, 2.75) is 11.3 Å². The van der Waals surface area contributed by atoms with Crippen LogP contribution in [0.25, 0.3) is 22.3 Å². The smallest absolute Gasteiger partial charge is 0.121 e. The summed E-state index contributed by atoms with van der Waals surface area (Å²) in [4.78, 5) is 0. The molecule has 0 saturated carbocycles. The molecule has 0 saturated heterocycles. The molecule has 6 rings (SSSR count). The number of benzene rings is 4. The Morgan fingerprint density at radius 1 is 0.433 bits per heavy atom. The largest absolute Gasteiger partial charge is 1.00 e. The first-order valence-corrected chi connectivity index (χ1v) is 13.2. The Hall–Kier alpha value is -1.96. The monoisotopic (exact) mass is 518 g/mol. The van der Waals surface area contributed by atoms with E-state index in [-0.39, 0.29) is 24.0 Å². The second-order valence-electron chi connectivity index (χ2n) is 8.78. The fraction of sp³-hybridized carbons (Fsp3) is 0.143. The molecule has 0 bridgehead atoms. The molecule has 0 nitrogen and oxygen atoms in total. The molecule has 0 spiro atoms. The Labute approximate surface area is 196 Å². The summed E-state index contributed by atoms with van der Waals surface area (Å²) in [5, 5.41) is 0. The van der Waals surface area contributed by atoms with E-state index in [1.165, 1.54) is 44.5 Å². The first-order chi connectivity index (χ1) is 14.2. The maximum atomic E-state index is 2.58. The minimum Gasteiger partial charge on any atom is -1.00 e. The van der Waals surface area contributed by atoms with E-state index in [4.69, 9.17) is 0 Å². The topological polar surface area (TPSA) is 0 Å². The fourth-order valence-corrected chi connectivity index (χ4v) is 9.91. The van der Waals surface area contributed by atoms with Crippen LogP contribution < -0.4 is 24.0 Å². The van der Waals surface area contributed by atoms with Gasteiger partial charge in [0.05, 0.1) is 13.3 Å². The van der Waals surface area contributed by atoms with E-state index in [0.29, 0.717) is 11.3 Å². The van der Waals surface area contributed by atoms with E-state index in [1.807, 2.05) is 0 Å². The van der Waals surface area contributed by atoms with Gasteiger partial charge in [-0.15, -0.1) is 0 Å². The molecule has 0 unspecified atom stereocenters. The maximum Gasteiger partial charge on any atom is 0.121 e. The molecule has 0 fully saturated rings. The van der Waals surface area contributed by atoms with Crippen LogP contribution in [0.1, 0.15) is 33.6 Å². The average molecular weight is 518 g/mol. The minimum absolute atomic E-state index is 0. The average Bonchev–Trinajstić information content (AvgIpc) is 3.28. The second-order valence-corrected chi connectivity index (χ2v) is 13.1. The van der Waals surface area contributed by atoms with Crippen molar-refractivity contribution in [3.8, 4) is 22.3 Å². The van der Waals surface area contributed by atoms with Crippen LogP contribution in [0.5, 0.6) is 0 Å². The van der Waals surface area contributed by atoms with Gasteiger partial charge in [0.15, 0.2) is 0 Å². The predicted molar refractivity (Wildman–Crippen MR) is 126 cm³/mol.